The highest BCUT2D eigenvalue weighted by Crippen LogP contribution is 2.40. The summed E-state index contributed by atoms with van der Waals surface area (Å²) in [6.07, 6.45) is -0.668. The molecule has 206 valence electrons. The van der Waals surface area contributed by atoms with Crippen LogP contribution in [-0.2, 0) is 33.3 Å². The Morgan fingerprint density at radius 1 is 1.08 bits per heavy atom. The first-order chi connectivity index (χ1) is 17.7. The van der Waals surface area contributed by atoms with Crippen molar-refractivity contribution in [1.29, 1.82) is 0 Å². The van der Waals surface area contributed by atoms with E-state index in [0.717, 1.165) is 47.4 Å². The van der Waals surface area contributed by atoms with Gasteiger partial charge in [0, 0.05) is 19.0 Å². The molecule has 1 aliphatic carbocycles. The fourth-order valence-corrected chi connectivity index (χ4v) is 5.53. The van der Waals surface area contributed by atoms with Crippen LogP contribution in [0.25, 0.3) is 5.57 Å². The van der Waals surface area contributed by atoms with Crippen LogP contribution in [0.4, 0.5) is 13.2 Å². The molecule has 1 atom stereocenters. The minimum absolute atomic E-state index is 0.0381. The van der Waals surface area contributed by atoms with Gasteiger partial charge >= 0.3 is 12.1 Å². The normalized spacial score (nSPS) is 16.7. The molecular weight excluding hydrogens is 511 g/mol. The highest BCUT2D eigenvalue weighted by molar-refractivity contribution is 7.99. The summed E-state index contributed by atoms with van der Waals surface area (Å²) in [4.78, 5) is 30.5. The van der Waals surface area contributed by atoms with E-state index in [1.165, 1.54) is 17.8 Å². The second kappa shape index (κ2) is 12.1. The molecule has 0 N–H and O–H groups in total. The number of benzene rings is 1. The van der Waals surface area contributed by atoms with Crippen molar-refractivity contribution in [2.45, 2.75) is 84.8 Å². The standard InChI is InChI=1S/C30H36F3NO3S/c1-7-20-13-18(3)14-21(8-2)26(20)27-23(35)15-19(16-24(27)37-28(36)29(4,5)6)11-12-38-25-10-9-22(17-34-25)30(31,32)33/h9-10,13-14,17,19H,7-8,11-12,15-16H2,1-6H3. The molecule has 3 rings (SSSR count). The van der Waals surface area contributed by atoms with E-state index in [1.54, 1.807) is 20.8 Å². The van der Waals surface area contributed by atoms with Crippen molar-refractivity contribution in [3.63, 3.8) is 0 Å². The van der Waals surface area contributed by atoms with Crippen molar-refractivity contribution < 1.29 is 27.5 Å². The van der Waals surface area contributed by atoms with Crippen molar-refractivity contribution in [3.05, 3.63) is 64.0 Å². The first-order valence-corrected chi connectivity index (χ1v) is 14.0. The molecule has 38 heavy (non-hydrogen) atoms. The van der Waals surface area contributed by atoms with Crippen LogP contribution in [0.1, 0.15) is 81.7 Å². The number of aryl methyl sites for hydroxylation is 3. The predicted molar refractivity (Wildman–Crippen MR) is 145 cm³/mol. The van der Waals surface area contributed by atoms with E-state index in [4.69, 9.17) is 4.74 Å². The van der Waals surface area contributed by atoms with Gasteiger partial charge in [0.05, 0.1) is 21.6 Å². The Kier molecular flexibility index (Phi) is 9.50. The van der Waals surface area contributed by atoms with Gasteiger partial charge in [0.15, 0.2) is 5.78 Å². The lowest BCUT2D eigenvalue weighted by molar-refractivity contribution is -0.149. The van der Waals surface area contributed by atoms with Gasteiger partial charge in [0.2, 0.25) is 0 Å². The zero-order valence-electron chi connectivity index (χ0n) is 22.9. The van der Waals surface area contributed by atoms with E-state index in [0.29, 0.717) is 41.4 Å². The minimum atomic E-state index is -4.42. The van der Waals surface area contributed by atoms with Crippen LogP contribution in [0.3, 0.4) is 0 Å². The fourth-order valence-electron chi connectivity index (χ4n) is 4.58. The number of aromatic nitrogens is 1. The number of nitrogens with zero attached hydrogens (tertiary/aromatic N) is 1. The summed E-state index contributed by atoms with van der Waals surface area (Å²) in [5.74, 6) is 0.541. The Balaban J connectivity index is 1.88. The van der Waals surface area contributed by atoms with Gasteiger partial charge in [-0.05, 0) is 87.5 Å². The predicted octanol–water partition coefficient (Wildman–Crippen LogP) is 8.00. The third-order valence-electron chi connectivity index (χ3n) is 6.63. The molecule has 0 saturated heterocycles. The van der Waals surface area contributed by atoms with Crippen LogP contribution in [0.15, 0.2) is 41.2 Å². The van der Waals surface area contributed by atoms with Crippen LogP contribution >= 0.6 is 11.8 Å². The maximum absolute atomic E-state index is 13.7. The number of pyridine rings is 1. The Morgan fingerprint density at radius 3 is 2.21 bits per heavy atom. The number of rotatable bonds is 8. The molecule has 0 bridgehead atoms. The monoisotopic (exact) mass is 547 g/mol. The number of carbonyl (C=O) groups excluding carboxylic acids is 2. The number of Topliss-reactive ketones (excluding diaryl/α,β-unsaturated/α-hetero) is 1. The fraction of sp³-hybridized carbons (Fsp3) is 0.500. The van der Waals surface area contributed by atoms with Crippen molar-refractivity contribution >= 4 is 29.1 Å². The lowest BCUT2D eigenvalue weighted by Gasteiger charge is -2.29. The van der Waals surface area contributed by atoms with Crippen molar-refractivity contribution in [3.8, 4) is 0 Å². The van der Waals surface area contributed by atoms with E-state index in [9.17, 15) is 22.8 Å². The molecule has 0 saturated carbocycles. The molecule has 0 spiro atoms. The summed E-state index contributed by atoms with van der Waals surface area (Å²) in [6.45, 7) is 11.5. The number of ketones is 1. The summed E-state index contributed by atoms with van der Waals surface area (Å²) in [5, 5.41) is 0.496. The average Bonchev–Trinajstić information content (AvgIpc) is 2.83. The largest absolute Gasteiger partial charge is 0.430 e. The molecule has 0 amide bonds. The third-order valence-corrected chi connectivity index (χ3v) is 7.61. The second-order valence-corrected chi connectivity index (χ2v) is 11.9. The van der Waals surface area contributed by atoms with Crippen molar-refractivity contribution in [1.82, 2.24) is 4.98 Å². The lowest BCUT2D eigenvalue weighted by atomic mass is 9.79. The van der Waals surface area contributed by atoms with Crippen LogP contribution in [0.5, 0.6) is 0 Å². The third kappa shape index (κ3) is 7.28. The van der Waals surface area contributed by atoms with Crippen LogP contribution in [0, 0.1) is 18.3 Å². The van der Waals surface area contributed by atoms with E-state index in [-0.39, 0.29) is 17.7 Å². The highest BCUT2D eigenvalue weighted by atomic mass is 32.2. The molecule has 1 aliphatic rings. The maximum atomic E-state index is 13.7. The number of thioether (sulfide) groups is 1. The van der Waals surface area contributed by atoms with Gasteiger partial charge < -0.3 is 4.74 Å². The molecule has 0 radical (unpaired) electrons. The molecule has 1 aromatic heterocycles. The van der Waals surface area contributed by atoms with Crippen molar-refractivity contribution in [2.75, 3.05) is 5.75 Å². The maximum Gasteiger partial charge on any atom is 0.417 e. The summed E-state index contributed by atoms with van der Waals surface area (Å²) < 4.78 is 44.4. The Bertz CT molecular complexity index is 1190. The van der Waals surface area contributed by atoms with E-state index >= 15 is 0 Å². The Morgan fingerprint density at radius 2 is 1.71 bits per heavy atom. The molecule has 1 unspecified atom stereocenters. The van der Waals surface area contributed by atoms with Gasteiger partial charge in [0.25, 0.3) is 0 Å². The summed E-state index contributed by atoms with van der Waals surface area (Å²) in [6, 6.07) is 6.58. The molecular formula is C30H36F3NO3S. The first-order valence-electron chi connectivity index (χ1n) is 13.0. The van der Waals surface area contributed by atoms with Gasteiger partial charge in [-0.25, -0.2) is 4.98 Å². The minimum Gasteiger partial charge on any atom is -0.430 e. The number of carbonyl (C=O) groups is 2. The van der Waals surface area contributed by atoms with Gasteiger partial charge in [-0.2, -0.15) is 13.2 Å². The van der Waals surface area contributed by atoms with Crippen molar-refractivity contribution in [2.24, 2.45) is 11.3 Å². The van der Waals surface area contributed by atoms with Gasteiger partial charge in [-0.3, -0.25) is 9.59 Å². The van der Waals surface area contributed by atoms with Gasteiger partial charge in [-0.15, -0.1) is 11.8 Å². The van der Waals surface area contributed by atoms with Crippen LogP contribution in [0.2, 0.25) is 0 Å². The van der Waals surface area contributed by atoms with Crippen LogP contribution in [-0.4, -0.2) is 22.5 Å². The van der Waals surface area contributed by atoms with E-state index in [2.05, 4.69) is 31.0 Å². The van der Waals surface area contributed by atoms with E-state index in [1.807, 2.05) is 6.92 Å². The number of alkyl halides is 3. The quantitative estimate of drug-likeness (QED) is 0.248. The number of ether oxygens (including phenoxy) is 1. The smallest absolute Gasteiger partial charge is 0.417 e. The highest BCUT2D eigenvalue weighted by Gasteiger charge is 2.35. The second-order valence-electron chi connectivity index (χ2n) is 10.8. The first kappa shape index (κ1) is 29.9. The Hall–Kier alpha value is -2.61. The molecule has 0 aliphatic heterocycles. The lowest BCUT2D eigenvalue weighted by Crippen LogP contribution is -2.27. The SMILES string of the molecule is CCc1cc(C)cc(CC)c1C1=C(OC(=O)C(C)(C)C)CC(CCSc2ccc(C(F)(F)F)cn2)CC1=O. The number of esters is 1. The molecule has 4 nitrogen and oxygen atoms in total. The number of hydrogen-bond acceptors (Lipinski definition) is 5. The summed E-state index contributed by atoms with van der Waals surface area (Å²) >= 11 is 1.35. The number of hydrogen-bond donors (Lipinski definition) is 0. The number of halogens is 3. The molecule has 0 fully saturated rings. The van der Waals surface area contributed by atoms with Crippen LogP contribution < -0.4 is 0 Å². The Labute approximate surface area is 227 Å². The van der Waals surface area contributed by atoms with Gasteiger partial charge in [-0.1, -0.05) is 31.5 Å². The molecule has 1 heterocycles. The zero-order chi connectivity index (χ0) is 28.3. The average molecular weight is 548 g/mol. The number of allylic oxidation sites excluding steroid dienone is 2. The molecule has 1 aromatic carbocycles. The zero-order valence-corrected chi connectivity index (χ0v) is 23.7. The molecule has 8 heteroatoms. The van der Waals surface area contributed by atoms with E-state index < -0.39 is 17.2 Å². The molecule has 2 aromatic rings. The summed E-state index contributed by atoms with van der Waals surface area (Å²) in [5.41, 5.74) is 3.16. The summed E-state index contributed by atoms with van der Waals surface area (Å²) in [7, 11) is 0. The topological polar surface area (TPSA) is 56.3 Å². The van der Waals surface area contributed by atoms with Gasteiger partial charge in [0.1, 0.15) is 5.76 Å².